The number of rotatable bonds is 6. The Balaban J connectivity index is 1.68. The molecule has 7 nitrogen and oxygen atoms in total. The maximum absolute atomic E-state index is 16.1. The van der Waals surface area contributed by atoms with Crippen LogP contribution >= 0.6 is 0 Å². The van der Waals surface area contributed by atoms with Gasteiger partial charge >= 0.3 is 0 Å². The van der Waals surface area contributed by atoms with Crippen LogP contribution in [0.3, 0.4) is 0 Å². The van der Waals surface area contributed by atoms with Crippen molar-refractivity contribution >= 4 is 17.7 Å². The van der Waals surface area contributed by atoms with Crippen LogP contribution in [0.15, 0.2) is 12.1 Å². The van der Waals surface area contributed by atoms with Gasteiger partial charge in [-0.25, -0.2) is 4.39 Å². The van der Waals surface area contributed by atoms with Crippen molar-refractivity contribution in [2.45, 2.75) is 78.0 Å². The van der Waals surface area contributed by atoms with Crippen LogP contribution in [0.2, 0.25) is 0 Å². The van der Waals surface area contributed by atoms with E-state index >= 15 is 4.39 Å². The van der Waals surface area contributed by atoms with E-state index in [1.54, 1.807) is 12.1 Å². The number of benzene rings is 1. The van der Waals surface area contributed by atoms with Crippen molar-refractivity contribution in [1.29, 1.82) is 0 Å². The minimum absolute atomic E-state index is 0.0408. The number of aliphatic hydroxyl groups is 1. The number of amides is 3. The van der Waals surface area contributed by atoms with Gasteiger partial charge in [0.2, 0.25) is 11.8 Å². The number of carbonyl (C=O) groups is 3. The molecule has 4 rings (SSSR count). The number of nitrogens with zero attached hydrogens (tertiary/aromatic N) is 2. The molecule has 3 heterocycles. The van der Waals surface area contributed by atoms with Crippen LogP contribution in [0.4, 0.5) is 4.39 Å². The minimum Gasteiger partial charge on any atom is -0.384 e. The fourth-order valence-electron chi connectivity index (χ4n) is 6.30. The van der Waals surface area contributed by atoms with E-state index in [4.69, 9.17) is 0 Å². The van der Waals surface area contributed by atoms with Gasteiger partial charge in [0, 0.05) is 48.2 Å². The summed E-state index contributed by atoms with van der Waals surface area (Å²) < 4.78 is 16.1. The Hall–Kier alpha value is -2.32. The zero-order valence-corrected chi connectivity index (χ0v) is 20.6. The average molecular weight is 474 g/mol. The fourth-order valence-corrected chi connectivity index (χ4v) is 6.30. The molecule has 0 radical (unpaired) electrons. The van der Waals surface area contributed by atoms with E-state index in [9.17, 15) is 19.5 Å². The van der Waals surface area contributed by atoms with Gasteiger partial charge in [0.25, 0.3) is 5.91 Å². The molecule has 3 aliphatic rings. The van der Waals surface area contributed by atoms with Gasteiger partial charge in [0.1, 0.15) is 17.5 Å². The molecule has 2 fully saturated rings. The molecule has 3 amide bonds. The summed E-state index contributed by atoms with van der Waals surface area (Å²) in [5, 5.41) is 14.4. The molecule has 0 aromatic heterocycles. The van der Waals surface area contributed by atoms with Crippen LogP contribution in [0, 0.1) is 17.2 Å². The molecule has 0 spiro atoms. The Morgan fingerprint density at radius 2 is 1.91 bits per heavy atom. The summed E-state index contributed by atoms with van der Waals surface area (Å²) in [6.45, 7) is 10.7. The van der Waals surface area contributed by atoms with Gasteiger partial charge in [-0.05, 0) is 37.7 Å². The van der Waals surface area contributed by atoms with Crippen LogP contribution < -0.4 is 5.32 Å². The summed E-state index contributed by atoms with van der Waals surface area (Å²) in [5.74, 6) is -1.35. The average Bonchev–Trinajstić information content (AvgIpc) is 3.12. The lowest BCUT2D eigenvalue weighted by Gasteiger charge is -2.54. The number of hydrogen-bond acceptors (Lipinski definition) is 5. The maximum Gasteiger partial charge on any atom is 0.255 e. The first-order chi connectivity index (χ1) is 16.1. The van der Waals surface area contributed by atoms with Crippen LogP contribution in [0.5, 0.6) is 0 Å². The molecule has 2 N–H and O–H groups in total. The molecule has 0 saturated carbocycles. The van der Waals surface area contributed by atoms with E-state index in [1.807, 2.05) is 13.8 Å². The predicted molar refractivity (Wildman–Crippen MR) is 125 cm³/mol. The van der Waals surface area contributed by atoms with Crippen molar-refractivity contribution < 1.29 is 23.9 Å². The molecule has 1 aromatic carbocycles. The Morgan fingerprint density at radius 1 is 1.21 bits per heavy atom. The second kappa shape index (κ2) is 9.04. The van der Waals surface area contributed by atoms with Crippen molar-refractivity contribution in [3.63, 3.8) is 0 Å². The number of likely N-dealkylation sites (tertiary alicyclic amines) is 1. The first-order valence-electron chi connectivity index (χ1n) is 12.5. The third-order valence-electron chi connectivity index (χ3n) is 8.27. The number of nitrogens with one attached hydrogen (secondary N) is 1. The summed E-state index contributed by atoms with van der Waals surface area (Å²) in [5.41, 5.74) is -1.16. The van der Waals surface area contributed by atoms with E-state index in [1.165, 1.54) is 4.90 Å². The second-order valence-corrected chi connectivity index (χ2v) is 10.6. The zero-order valence-electron chi connectivity index (χ0n) is 20.6. The first-order valence-corrected chi connectivity index (χ1v) is 12.5. The fraction of sp³-hybridized carbons (Fsp3) is 0.654. The Labute approximate surface area is 200 Å². The Kier molecular flexibility index (Phi) is 6.59. The second-order valence-electron chi connectivity index (χ2n) is 10.6. The number of halogens is 1. The van der Waals surface area contributed by atoms with Crippen molar-refractivity contribution in [3.05, 3.63) is 34.6 Å². The van der Waals surface area contributed by atoms with Crippen molar-refractivity contribution in [2.24, 2.45) is 11.3 Å². The molecule has 34 heavy (non-hydrogen) atoms. The van der Waals surface area contributed by atoms with Gasteiger partial charge in [0.05, 0.1) is 6.54 Å². The summed E-state index contributed by atoms with van der Waals surface area (Å²) in [6.07, 6.45) is 2.19. The van der Waals surface area contributed by atoms with E-state index in [0.717, 1.165) is 6.54 Å². The van der Waals surface area contributed by atoms with E-state index in [0.29, 0.717) is 38.3 Å². The van der Waals surface area contributed by atoms with Gasteiger partial charge < -0.3 is 14.9 Å². The number of piperidine rings is 2. The van der Waals surface area contributed by atoms with Gasteiger partial charge in [-0.15, -0.1) is 0 Å². The SMILES string of the molecule is CCC1(CC)CN(CC(C)C)CC[C@@]1(O)c1ccc2c(c1F)CN([C@H]1CCC(=O)NC1=O)C2=O. The quantitative estimate of drug-likeness (QED) is 0.620. The third kappa shape index (κ3) is 3.85. The molecule has 2 saturated heterocycles. The summed E-state index contributed by atoms with van der Waals surface area (Å²) in [4.78, 5) is 40.6. The molecule has 186 valence electrons. The van der Waals surface area contributed by atoms with Crippen LogP contribution in [-0.4, -0.2) is 58.3 Å². The third-order valence-corrected chi connectivity index (χ3v) is 8.27. The maximum atomic E-state index is 16.1. The number of fused-ring (bicyclic) bond motifs is 1. The van der Waals surface area contributed by atoms with E-state index < -0.39 is 34.7 Å². The van der Waals surface area contributed by atoms with Crippen molar-refractivity contribution in [3.8, 4) is 0 Å². The lowest BCUT2D eigenvalue weighted by atomic mass is 9.61. The molecule has 1 aromatic rings. The van der Waals surface area contributed by atoms with Crippen LogP contribution in [0.25, 0.3) is 0 Å². The summed E-state index contributed by atoms with van der Waals surface area (Å²) in [6, 6.07) is 2.36. The number of hydrogen-bond donors (Lipinski definition) is 2. The molecule has 0 unspecified atom stereocenters. The van der Waals surface area contributed by atoms with E-state index in [-0.39, 0.29) is 42.0 Å². The van der Waals surface area contributed by atoms with Gasteiger partial charge in [0.15, 0.2) is 0 Å². The molecule has 8 heteroatoms. The zero-order chi connectivity index (χ0) is 24.8. The highest BCUT2D eigenvalue weighted by Crippen LogP contribution is 2.52. The smallest absolute Gasteiger partial charge is 0.255 e. The predicted octanol–water partition coefficient (Wildman–Crippen LogP) is 2.94. The highest BCUT2D eigenvalue weighted by atomic mass is 19.1. The van der Waals surface area contributed by atoms with Crippen LogP contribution in [-0.2, 0) is 21.7 Å². The van der Waals surface area contributed by atoms with Gasteiger partial charge in [-0.3, -0.25) is 19.7 Å². The van der Waals surface area contributed by atoms with Crippen LogP contribution in [0.1, 0.15) is 81.3 Å². The minimum atomic E-state index is -1.35. The molecule has 2 atom stereocenters. The summed E-state index contributed by atoms with van der Waals surface area (Å²) in [7, 11) is 0. The van der Waals surface area contributed by atoms with Crippen molar-refractivity contribution in [1.82, 2.24) is 15.1 Å². The Bertz CT molecular complexity index is 1010. The molecule has 3 aliphatic heterocycles. The lowest BCUT2D eigenvalue weighted by molar-refractivity contribution is -0.150. The largest absolute Gasteiger partial charge is 0.384 e. The highest BCUT2D eigenvalue weighted by molar-refractivity contribution is 6.05. The van der Waals surface area contributed by atoms with Gasteiger partial charge in [-0.2, -0.15) is 0 Å². The highest BCUT2D eigenvalue weighted by Gasteiger charge is 2.54. The Morgan fingerprint density at radius 3 is 2.53 bits per heavy atom. The van der Waals surface area contributed by atoms with Crippen molar-refractivity contribution in [2.75, 3.05) is 19.6 Å². The topological polar surface area (TPSA) is 89.9 Å². The first kappa shape index (κ1) is 24.8. The normalized spacial score (nSPS) is 27.3. The lowest BCUT2D eigenvalue weighted by Crippen LogP contribution is -2.58. The number of imide groups is 1. The summed E-state index contributed by atoms with van der Waals surface area (Å²) >= 11 is 0. The number of carbonyl (C=O) groups excluding carboxylic acids is 3. The van der Waals surface area contributed by atoms with E-state index in [2.05, 4.69) is 24.1 Å². The molecule has 0 bridgehead atoms. The molecular weight excluding hydrogens is 437 g/mol. The standard InChI is InChI=1S/C26H36FN3O4/c1-5-25(6-2)15-29(13-16(3)4)12-11-26(25,34)19-8-7-17-18(22(19)27)14-30(24(17)33)20-9-10-21(31)28-23(20)32/h7-8,16,20,34H,5-6,9-15H2,1-4H3,(H,28,31,32)/t20-,26+/m0/s1. The molecule has 0 aliphatic carbocycles. The monoisotopic (exact) mass is 473 g/mol. The molecular formula is C26H36FN3O4. The van der Waals surface area contributed by atoms with Gasteiger partial charge in [-0.1, -0.05) is 33.8 Å².